The average molecular weight is 234 g/mol. The predicted molar refractivity (Wildman–Crippen MR) is 66.4 cm³/mol. The Labute approximate surface area is 103 Å². The van der Waals surface area contributed by atoms with Gasteiger partial charge in [0.05, 0.1) is 12.5 Å². The standard InChI is InChI=1S/C15H22O2/c16-15(12-4-2-1-3-5-12)17-10-14-9-11-6-7-13(14)8-11/h6-7,11-14H,1-5,8-10H2. The molecule has 2 bridgehead atoms. The Balaban J connectivity index is 1.44. The molecule has 0 aromatic heterocycles. The summed E-state index contributed by atoms with van der Waals surface area (Å²) in [6.07, 6.45) is 13.0. The van der Waals surface area contributed by atoms with Gasteiger partial charge in [-0.25, -0.2) is 0 Å². The lowest BCUT2D eigenvalue weighted by Gasteiger charge is -2.22. The molecule has 0 heterocycles. The molecule has 94 valence electrons. The van der Waals surface area contributed by atoms with Gasteiger partial charge in [0.15, 0.2) is 0 Å². The first kappa shape index (κ1) is 11.3. The SMILES string of the molecule is O=C(OCC1CC2C=CC1C2)C1CCCCC1. The van der Waals surface area contributed by atoms with E-state index in [4.69, 9.17) is 4.74 Å². The fourth-order valence-corrected chi connectivity index (χ4v) is 3.73. The molecule has 2 saturated carbocycles. The van der Waals surface area contributed by atoms with E-state index in [1.807, 2.05) is 0 Å². The zero-order valence-electron chi connectivity index (χ0n) is 10.4. The third kappa shape index (κ3) is 2.41. The van der Waals surface area contributed by atoms with Gasteiger partial charge in [-0.2, -0.15) is 0 Å². The molecule has 3 unspecified atom stereocenters. The van der Waals surface area contributed by atoms with E-state index < -0.39 is 0 Å². The van der Waals surface area contributed by atoms with Crippen molar-refractivity contribution >= 4 is 5.97 Å². The van der Waals surface area contributed by atoms with Crippen LogP contribution in [0.25, 0.3) is 0 Å². The van der Waals surface area contributed by atoms with Gasteiger partial charge < -0.3 is 4.74 Å². The van der Waals surface area contributed by atoms with Crippen LogP contribution in [0.15, 0.2) is 12.2 Å². The van der Waals surface area contributed by atoms with E-state index in [0.29, 0.717) is 18.4 Å². The van der Waals surface area contributed by atoms with Crippen LogP contribution < -0.4 is 0 Å². The van der Waals surface area contributed by atoms with Gasteiger partial charge >= 0.3 is 5.97 Å². The Kier molecular flexibility index (Phi) is 3.21. The minimum atomic E-state index is 0.0800. The van der Waals surface area contributed by atoms with Crippen molar-refractivity contribution in [2.75, 3.05) is 6.61 Å². The summed E-state index contributed by atoms with van der Waals surface area (Å²) in [6.45, 7) is 0.667. The Morgan fingerprint density at radius 1 is 1.12 bits per heavy atom. The summed E-state index contributed by atoms with van der Waals surface area (Å²) in [6, 6.07) is 0. The lowest BCUT2D eigenvalue weighted by molar-refractivity contribution is -0.151. The van der Waals surface area contributed by atoms with Crippen LogP contribution in [0.3, 0.4) is 0 Å². The van der Waals surface area contributed by atoms with Crippen molar-refractivity contribution in [3.8, 4) is 0 Å². The highest BCUT2D eigenvalue weighted by atomic mass is 16.5. The zero-order chi connectivity index (χ0) is 11.7. The van der Waals surface area contributed by atoms with Crippen molar-refractivity contribution in [2.24, 2.45) is 23.7 Å². The molecule has 3 aliphatic rings. The quantitative estimate of drug-likeness (QED) is 0.553. The summed E-state index contributed by atoms with van der Waals surface area (Å²) in [5.74, 6) is 2.37. The van der Waals surface area contributed by atoms with E-state index >= 15 is 0 Å². The summed E-state index contributed by atoms with van der Waals surface area (Å²) >= 11 is 0. The molecule has 17 heavy (non-hydrogen) atoms. The largest absolute Gasteiger partial charge is 0.465 e. The highest BCUT2D eigenvalue weighted by molar-refractivity contribution is 5.72. The van der Waals surface area contributed by atoms with Crippen molar-refractivity contribution < 1.29 is 9.53 Å². The van der Waals surface area contributed by atoms with Crippen LogP contribution in [0.2, 0.25) is 0 Å². The van der Waals surface area contributed by atoms with Crippen LogP contribution in [0.4, 0.5) is 0 Å². The minimum absolute atomic E-state index is 0.0800. The van der Waals surface area contributed by atoms with Gasteiger partial charge in [-0.1, -0.05) is 31.4 Å². The Morgan fingerprint density at radius 3 is 2.59 bits per heavy atom. The number of carbonyl (C=O) groups excluding carboxylic acids is 1. The highest BCUT2D eigenvalue weighted by Gasteiger charge is 2.36. The fourth-order valence-electron chi connectivity index (χ4n) is 3.73. The molecule has 0 aromatic carbocycles. The number of rotatable bonds is 3. The summed E-state index contributed by atoms with van der Waals surface area (Å²) in [5.41, 5.74) is 0. The molecule has 2 fully saturated rings. The third-order valence-electron chi connectivity index (χ3n) is 4.79. The predicted octanol–water partition coefficient (Wildman–Crippen LogP) is 3.32. The third-order valence-corrected chi connectivity index (χ3v) is 4.79. The lowest BCUT2D eigenvalue weighted by Crippen LogP contribution is -2.24. The van der Waals surface area contributed by atoms with Gasteiger partial charge in [0.1, 0.15) is 0 Å². The van der Waals surface area contributed by atoms with E-state index in [-0.39, 0.29) is 11.9 Å². The second kappa shape index (κ2) is 4.83. The van der Waals surface area contributed by atoms with Gasteiger partial charge in [-0.05, 0) is 43.4 Å². The van der Waals surface area contributed by atoms with Crippen LogP contribution in [0.5, 0.6) is 0 Å². The van der Waals surface area contributed by atoms with Crippen molar-refractivity contribution in [2.45, 2.75) is 44.9 Å². The Hall–Kier alpha value is -0.790. The molecule has 0 radical (unpaired) electrons. The molecule has 0 saturated heterocycles. The second-order valence-corrected chi connectivity index (χ2v) is 6.01. The molecule has 2 nitrogen and oxygen atoms in total. The van der Waals surface area contributed by atoms with Crippen molar-refractivity contribution in [1.82, 2.24) is 0 Å². The monoisotopic (exact) mass is 234 g/mol. The van der Waals surface area contributed by atoms with Crippen LogP contribution in [0.1, 0.15) is 44.9 Å². The molecule has 0 spiro atoms. The molecule has 3 aliphatic carbocycles. The molecule has 0 amide bonds. The molecule has 0 aliphatic heterocycles. The number of allylic oxidation sites excluding steroid dienone is 2. The Morgan fingerprint density at radius 2 is 1.94 bits per heavy atom. The smallest absolute Gasteiger partial charge is 0.308 e. The Bertz CT molecular complexity index is 315. The number of esters is 1. The summed E-state index contributed by atoms with van der Waals surface area (Å²) < 4.78 is 5.55. The van der Waals surface area contributed by atoms with Gasteiger partial charge in [0, 0.05) is 0 Å². The molecule has 3 rings (SSSR count). The highest BCUT2D eigenvalue weighted by Crippen LogP contribution is 2.43. The molecular formula is C15H22O2. The number of fused-ring (bicyclic) bond motifs is 2. The van der Waals surface area contributed by atoms with E-state index in [2.05, 4.69) is 12.2 Å². The van der Waals surface area contributed by atoms with Gasteiger partial charge in [-0.3, -0.25) is 4.79 Å². The van der Waals surface area contributed by atoms with E-state index in [0.717, 1.165) is 18.8 Å². The summed E-state index contributed by atoms with van der Waals surface area (Å²) in [7, 11) is 0. The van der Waals surface area contributed by atoms with E-state index in [9.17, 15) is 4.79 Å². The average Bonchev–Trinajstić information content (AvgIpc) is 2.99. The van der Waals surface area contributed by atoms with E-state index in [1.165, 1.54) is 32.1 Å². The molecule has 2 heteroatoms. The van der Waals surface area contributed by atoms with Crippen LogP contribution >= 0.6 is 0 Å². The van der Waals surface area contributed by atoms with Crippen molar-refractivity contribution in [3.05, 3.63) is 12.2 Å². The lowest BCUT2D eigenvalue weighted by atomic mass is 9.89. The van der Waals surface area contributed by atoms with Crippen molar-refractivity contribution in [3.63, 3.8) is 0 Å². The van der Waals surface area contributed by atoms with Crippen LogP contribution in [-0.4, -0.2) is 12.6 Å². The first-order valence-corrected chi connectivity index (χ1v) is 7.18. The normalized spacial score (nSPS) is 36.4. The van der Waals surface area contributed by atoms with Crippen molar-refractivity contribution in [1.29, 1.82) is 0 Å². The zero-order valence-corrected chi connectivity index (χ0v) is 10.4. The maximum Gasteiger partial charge on any atom is 0.308 e. The maximum atomic E-state index is 11.9. The van der Waals surface area contributed by atoms with Gasteiger partial charge in [0.2, 0.25) is 0 Å². The minimum Gasteiger partial charge on any atom is -0.465 e. The molecule has 0 aromatic rings. The first-order valence-electron chi connectivity index (χ1n) is 7.18. The molecular weight excluding hydrogens is 212 g/mol. The number of carbonyl (C=O) groups is 1. The first-order chi connectivity index (χ1) is 8.33. The molecule has 0 N–H and O–H groups in total. The van der Waals surface area contributed by atoms with E-state index in [1.54, 1.807) is 0 Å². The topological polar surface area (TPSA) is 26.3 Å². The maximum absolute atomic E-state index is 11.9. The summed E-state index contributed by atoms with van der Waals surface area (Å²) in [5, 5.41) is 0. The summed E-state index contributed by atoms with van der Waals surface area (Å²) in [4.78, 5) is 11.9. The number of hydrogen-bond acceptors (Lipinski definition) is 2. The van der Waals surface area contributed by atoms with Gasteiger partial charge in [0.25, 0.3) is 0 Å². The van der Waals surface area contributed by atoms with Gasteiger partial charge in [-0.15, -0.1) is 0 Å². The van der Waals surface area contributed by atoms with Crippen LogP contribution in [-0.2, 0) is 9.53 Å². The number of hydrogen-bond donors (Lipinski definition) is 0. The number of ether oxygens (including phenoxy) is 1. The fraction of sp³-hybridized carbons (Fsp3) is 0.800. The molecule has 3 atom stereocenters. The van der Waals surface area contributed by atoms with Crippen LogP contribution in [0, 0.1) is 23.7 Å². The second-order valence-electron chi connectivity index (χ2n) is 6.01.